The molecule has 4 rings (SSSR count). The van der Waals surface area contributed by atoms with Gasteiger partial charge in [-0.25, -0.2) is 22.4 Å². The Kier molecular flexibility index (Phi) is 7.97. The first-order valence-corrected chi connectivity index (χ1v) is 13.8. The fourth-order valence-electron chi connectivity index (χ4n) is 3.87. The van der Waals surface area contributed by atoms with Gasteiger partial charge in [-0.05, 0) is 67.4 Å². The lowest BCUT2D eigenvalue weighted by molar-refractivity contribution is 0.0600. The van der Waals surface area contributed by atoms with Gasteiger partial charge < -0.3 is 19.7 Å². The predicted molar refractivity (Wildman–Crippen MR) is 138 cm³/mol. The molecule has 0 bridgehead atoms. The molecule has 13 heteroatoms. The molecular formula is C25H24FN3O7S2. The maximum Gasteiger partial charge on any atom is 0.410 e. The highest BCUT2D eigenvalue weighted by Crippen LogP contribution is 2.38. The number of ether oxygens (including phenoxy) is 2. The van der Waals surface area contributed by atoms with E-state index in [4.69, 9.17) is 9.47 Å². The summed E-state index contributed by atoms with van der Waals surface area (Å²) in [6.45, 7) is 2.55. The molecule has 0 aliphatic carbocycles. The first kappa shape index (κ1) is 27.1. The molecule has 10 nitrogen and oxygen atoms in total. The van der Waals surface area contributed by atoms with Crippen molar-refractivity contribution in [1.82, 2.24) is 4.90 Å². The van der Waals surface area contributed by atoms with Crippen LogP contribution in [0.25, 0.3) is 0 Å². The number of carbonyl (C=O) groups excluding carboxylic acids is 3. The van der Waals surface area contributed by atoms with E-state index in [-0.39, 0.29) is 34.9 Å². The summed E-state index contributed by atoms with van der Waals surface area (Å²) < 4.78 is 50.5. The van der Waals surface area contributed by atoms with Crippen molar-refractivity contribution < 1.29 is 36.7 Å². The van der Waals surface area contributed by atoms with E-state index in [1.165, 1.54) is 47.6 Å². The van der Waals surface area contributed by atoms with Crippen LogP contribution in [0.3, 0.4) is 0 Å². The van der Waals surface area contributed by atoms with Crippen molar-refractivity contribution in [2.75, 3.05) is 30.3 Å². The minimum atomic E-state index is -3.95. The van der Waals surface area contributed by atoms with Gasteiger partial charge >= 0.3 is 12.1 Å². The summed E-state index contributed by atoms with van der Waals surface area (Å²) in [5.41, 5.74) is 1.37. The van der Waals surface area contributed by atoms with E-state index in [1.807, 2.05) is 0 Å². The normalized spacial score (nSPS) is 12.9. The molecule has 0 atom stereocenters. The molecule has 0 unspecified atom stereocenters. The third kappa shape index (κ3) is 5.78. The predicted octanol–water partition coefficient (Wildman–Crippen LogP) is 4.24. The van der Waals surface area contributed by atoms with Crippen LogP contribution in [0.1, 0.15) is 38.1 Å². The number of nitrogens with one attached hydrogen (secondary N) is 2. The Labute approximate surface area is 222 Å². The molecule has 3 aromatic rings. The average molecular weight is 562 g/mol. The number of thiophene rings is 1. The van der Waals surface area contributed by atoms with Gasteiger partial charge in [0.15, 0.2) is 0 Å². The molecule has 200 valence electrons. The van der Waals surface area contributed by atoms with Gasteiger partial charge in [-0.3, -0.25) is 9.52 Å². The Morgan fingerprint density at radius 3 is 2.39 bits per heavy atom. The molecule has 0 spiro atoms. The highest BCUT2D eigenvalue weighted by molar-refractivity contribution is 7.92. The molecule has 2 aromatic carbocycles. The van der Waals surface area contributed by atoms with E-state index in [0.29, 0.717) is 23.5 Å². The second-order valence-electron chi connectivity index (χ2n) is 8.16. The number of methoxy groups -OCH3 is 1. The minimum Gasteiger partial charge on any atom is -0.465 e. The molecule has 38 heavy (non-hydrogen) atoms. The number of fused-ring (bicyclic) bond motifs is 1. The summed E-state index contributed by atoms with van der Waals surface area (Å²) in [4.78, 5) is 39.8. The van der Waals surface area contributed by atoms with Crippen molar-refractivity contribution in [1.29, 1.82) is 0 Å². The third-order valence-corrected chi connectivity index (χ3v) is 8.25. The van der Waals surface area contributed by atoms with Crippen LogP contribution in [-0.4, -0.2) is 51.5 Å². The Bertz CT molecular complexity index is 1470. The number of sulfonamides is 1. The maximum atomic E-state index is 13.1. The quantitative estimate of drug-likeness (QED) is 0.413. The zero-order valence-electron chi connectivity index (χ0n) is 20.4. The average Bonchev–Trinajstić information content (AvgIpc) is 3.25. The van der Waals surface area contributed by atoms with Crippen LogP contribution in [0.4, 0.5) is 19.9 Å². The zero-order valence-corrected chi connectivity index (χ0v) is 22.1. The summed E-state index contributed by atoms with van der Waals surface area (Å²) in [6, 6.07) is 10.0. The van der Waals surface area contributed by atoms with Gasteiger partial charge in [0.05, 0.1) is 30.7 Å². The molecule has 2 N–H and O–H groups in total. The lowest BCUT2D eigenvalue weighted by atomic mass is 10.0. The van der Waals surface area contributed by atoms with Crippen molar-refractivity contribution in [3.8, 4) is 0 Å². The number of hydrogen-bond donors (Lipinski definition) is 2. The van der Waals surface area contributed by atoms with Crippen LogP contribution in [-0.2, 0) is 32.5 Å². The number of anilines is 2. The molecule has 2 heterocycles. The minimum absolute atomic E-state index is 0.112. The number of hydrogen-bond acceptors (Lipinski definition) is 8. The third-order valence-electron chi connectivity index (χ3n) is 5.72. The Morgan fingerprint density at radius 1 is 1.08 bits per heavy atom. The van der Waals surface area contributed by atoms with Gasteiger partial charge in [0.2, 0.25) is 0 Å². The summed E-state index contributed by atoms with van der Waals surface area (Å²) in [6.07, 6.45) is -0.0553. The van der Waals surface area contributed by atoms with E-state index in [9.17, 15) is 27.2 Å². The highest BCUT2D eigenvalue weighted by Gasteiger charge is 2.31. The van der Waals surface area contributed by atoms with E-state index in [2.05, 4.69) is 10.0 Å². The van der Waals surface area contributed by atoms with Crippen LogP contribution in [0, 0.1) is 5.82 Å². The van der Waals surface area contributed by atoms with Gasteiger partial charge in [-0.2, -0.15) is 0 Å². The van der Waals surface area contributed by atoms with Crippen molar-refractivity contribution >= 4 is 50.0 Å². The Morgan fingerprint density at radius 2 is 1.76 bits per heavy atom. The standard InChI is InChI=1S/C25H24FN3O7S2/c1-3-36-25(32)29-13-12-19-20(14-29)37-23(21(19)24(31)35-2)27-22(30)15-4-8-17(9-5-15)28-38(33,34)18-10-6-16(26)7-11-18/h4-11,28H,3,12-14H2,1-2H3,(H,27,30). The number of carbonyl (C=O) groups is 3. The SMILES string of the molecule is CCOC(=O)N1CCc2c(sc(NC(=O)c3ccc(NS(=O)(=O)c4ccc(F)cc4)cc3)c2C(=O)OC)C1. The van der Waals surface area contributed by atoms with E-state index < -0.39 is 33.8 Å². The number of rotatable bonds is 7. The fraction of sp³-hybridized carbons (Fsp3) is 0.240. The lowest BCUT2D eigenvalue weighted by Crippen LogP contribution is -2.36. The molecule has 0 saturated heterocycles. The monoisotopic (exact) mass is 561 g/mol. The van der Waals surface area contributed by atoms with Gasteiger partial charge in [-0.15, -0.1) is 11.3 Å². The van der Waals surface area contributed by atoms with Gasteiger partial charge in [0.1, 0.15) is 10.8 Å². The number of esters is 1. The van der Waals surface area contributed by atoms with Crippen LogP contribution in [0.15, 0.2) is 53.4 Å². The number of amides is 2. The summed E-state index contributed by atoms with van der Waals surface area (Å²) in [7, 11) is -2.70. The fourth-order valence-corrected chi connectivity index (χ4v) is 6.18. The van der Waals surface area contributed by atoms with Crippen molar-refractivity contribution in [2.45, 2.75) is 24.8 Å². The molecule has 1 aliphatic rings. The van der Waals surface area contributed by atoms with Crippen molar-refractivity contribution in [3.05, 3.63) is 75.9 Å². The van der Waals surface area contributed by atoms with Gasteiger partial charge in [0.25, 0.3) is 15.9 Å². The first-order valence-electron chi connectivity index (χ1n) is 11.5. The molecule has 1 aliphatic heterocycles. The maximum absolute atomic E-state index is 13.1. The highest BCUT2D eigenvalue weighted by atomic mass is 32.2. The number of nitrogens with zero attached hydrogens (tertiary/aromatic N) is 1. The van der Waals surface area contributed by atoms with Crippen molar-refractivity contribution in [2.24, 2.45) is 0 Å². The Hall–Kier alpha value is -3.97. The van der Waals surface area contributed by atoms with Crippen LogP contribution in [0.2, 0.25) is 0 Å². The van der Waals surface area contributed by atoms with E-state index in [0.717, 1.165) is 29.1 Å². The van der Waals surface area contributed by atoms with Gasteiger partial charge in [-0.1, -0.05) is 0 Å². The van der Waals surface area contributed by atoms with Crippen LogP contribution < -0.4 is 10.0 Å². The van der Waals surface area contributed by atoms with E-state index >= 15 is 0 Å². The molecular weight excluding hydrogens is 537 g/mol. The first-order chi connectivity index (χ1) is 18.1. The molecule has 0 fully saturated rings. The second kappa shape index (κ2) is 11.2. The van der Waals surface area contributed by atoms with E-state index in [1.54, 1.807) is 6.92 Å². The largest absolute Gasteiger partial charge is 0.465 e. The zero-order chi connectivity index (χ0) is 27.4. The number of halogens is 1. The molecule has 0 saturated carbocycles. The summed E-state index contributed by atoms with van der Waals surface area (Å²) in [5, 5.41) is 3.03. The Balaban J connectivity index is 1.51. The summed E-state index contributed by atoms with van der Waals surface area (Å²) in [5.74, 6) is -1.69. The molecule has 0 radical (unpaired) electrons. The number of benzene rings is 2. The van der Waals surface area contributed by atoms with Gasteiger partial charge in [0, 0.05) is 22.7 Å². The second-order valence-corrected chi connectivity index (χ2v) is 10.9. The molecule has 2 amide bonds. The van der Waals surface area contributed by atoms with Crippen LogP contribution >= 0.6 is 11.3 Å². The van der Waals surface area contributed by atoms with Crippen molar-refractivity contribution in [3.63, 3.8) is 0 Å². The molecule has 1 aromatic heterocycles. The van der Waals surface area contributed by atoms with Crippen LogP contribution in [0.5, 0.6) is 0 Å². The lowest BCUT2D eigenvalue weighted by Gasteiger charge is -2.26. The topological polar surface area (TPSA) is 131 Å². The smallest absolute Gasteiger partial charge is 0.410 e. The summed E-state index contributed by atoms with van der Waals surface area (Å²) >= 11 is 1.18.